The first kappa shape index (κ1) is 23.2. The highest BCUT2D eigenvalue weighted by Gasteiger charge is 2.38. The van der Waals surface area contributed by atoms with Crippen LogP contribution in [0, 0.1) is 6.92 Å². The lowest BCUT2D eigenvalue weighted by atomic mass is 10.1. The number of carboxylic acid groups (broad SMARTS) is 1. The van der Waals surface area contributed by atoms with Gasteiger partial charge in [-0.2, -0.15) is 24.9 Å². The van der Waals surface area contributed by atoms with Gasteiger partial charge < -0.3 is 15.8 Å². The lowest BCUT2D eigenvalue weighted by molar-refractivity contribution is -0.192. The van der Waals surface area contributed by atoms with E-state index in [9.17, 15) is 18.0 Å². The van der Waals surface area contributed by atoms with Crippen molar-refractivity contribution in [1.29, 1.82) is 0 Å². The number of nitrogens with two attached hydrogens (primary N) is 1. The summed E-state index contributed by atoms with van der Waals surface area (Å²) in [4.78, 5) is 28.7. The Kier molecular flexibility index (Phi) is 8.09. The number of thioether (sulfide) groups is 1. The molecule has 160 valence electrons. The number of hydrogen-bond donors (Lipinski definition) is 3. The maximum absolute atomic E-state index is 12.2. The van der Waals surface area contributed by atoms with Gasteiger partial charge >= 0.3 is 12.1 Å². The normalized spacial score (nSPS) is 19.9. The van der Waals surface area contributed by atoms with Gasteiger partial charge in [-0.05, 0) is 44.2 Å². The third-order valence-corrected chi connectivity index (χ3v) is 6.03. The van der Waals surface area contributed by atoms with Crippen molar-refractivity contribution >= 4 is 28.6 Å². The van der Waals surface area contributed by atoms with Gasteiger partial charge in [0.05, 0.1) is 16.7 Å². The second-order valence-electron chi connectivity index (χ2n) is 6.99. The van der Waals surface area contributed by atoms with E-state index in [1.165, 1.54) is 19.3 Å². The van der Waals surface area contributed by atoms with Crippen LogP contribution in [-0.2, 0) is 10.5 Å². The number of carbonyl (C=O) groups is 1. The maximum Gasteiger partial charge on any atom is 0.490 e. The van der Waals surface area contributed by atoms with Crippen LogP contribution in [0.2, 0.25) is 0 Å². The first-order valence-electron chi connectivity index (χ1n) is 9.23. The zero-order valence-electron chi connectivity index (χ0n) is 16.0. The third kappa shape index (κ3) is 7.04. The molecule has 1 fully saturated rings. The highest BCUT2D eigenvalue weighted by molar-refractivity contribution is 7.99. The highest BCUT2D eigenvalue weighted by Crippen LogP contribution is 2.29. The Hall–Kier alpha value is -2.07. The van der Waals surface area contributed by atoms with Crippen molar-refractivity contribution in [2.75, 3.05) is 0 Å². The van der Waals surface area contributed by atoms with Crippen molar-refractivity contribution in [3.63, 3.8) is 0 Å². The number of H-pyrrole nitrogens is 1. The van der Waals surface area contributed by atoms with E-state index >= 15 is 0 Å². The predicted molar refractivity (Wildman–Crippen MR) is 107 cm³/mol. The molecule has 0 bridgehead atoms. The zero-order valence-corrected chi connectivity index (χ0v) is 16.8. The summed E-state index contributed by atoms with van der Waals surface area (Å²) in [6, 6.07) is 6.10. The van der Waals surface area contributed by atoms with Crippen LogP contribution in [0.15, 0.2) is 23.0 Å². The molecule has 1 aliphatic carbocycles. The lowest BCUT2D eigenvalue weighted by Gasteiger charge is -2.13. The van der Waals surface area contributed by atoms with Gasteiger partial charge in [0.25, 0.3) is 5.56 Å². The number of para-hydroxylation sites is 1. The van der Waals surface area contributed by atoms with Gasteiger partial charge in [-0.3, -0.25) is 4.79 Å². The Balaban J connectivity index is 0.000000370. The molecule has 0 aliphatic heterocycles. The minimum Gasteiger partial charge on any atom is -0.475 e. The summed E-state index contributed by atoms with van der Waals surface area (Å²) in [5.41, 5.74) is 7.87. The molecule has 29 heavy (non-hydrogen) atoms. The molecule has 0 spiro atoms. The molecule has 6 nitrogen and oxygen atoms in total. The summed E-state index contributed by atoms with van der Waals surface area (Å²) >= 11 is 1.90. The predicted octanol–water partition coefficient (Wildman–Crippen LogP) is 3.76. The molecule has 2 unspecified atom stereocenters. The number of alkyl halides is 3. The smallest absolute Gasteiger partial charge is 0.475 e. The average molecular weight is 431 g/mol. The number of benzene rings is 1. The van der Waals surface area contributed by atoms with Gasteiger partial charge in [0.2, 0.25) is 0 Å². The number of aliphatic carboxylic acids is 1. The number of fused-ring (bicyclic) bond motifs is 1. The molecule has 0 radical (unpaired) electrons. The first-order valence-corrected chi connectivity index (χ1v) is 10.3. The molecule has 1 aromatic heterocycles. The second-order valence-corrected chi connectivity index (χ2v) is 8.28. The number of hydrogen-bond acceptors (Lipinski definition) is 5. The van der Waals surface area contributed by atoms with Crippen molar-refractivity contribution in [2.45, 2.75) is 62.2 Å². The largest absolute Gasteiger partial charge is 0.490 e. The van der Waals surface area contributed by atoms with Crippen LogP contribution < -0.4 is 11.3 Å². The van der Waals surface area contributed by atoms with Crippen LogP contribution in [-0.4, -0.2) is 38.5 Å². The Morgan fingerprint density at radius 1 is 1.31 bits per heavy atom. The lowest BCUT2D eigenvalue weighted by Crippen LogP contribution is -2.21. The van der Waals surface area contributed by atoms with Crippen LogP contribution in [0.5, 0.6) is 0 Å². The van der Waals surface area contributed by atoms with E-state index in [1.807, 2.05) is 36.9 Å². The topological polar surface area (TPSA) is 109 Å². The number of aromatic nitrogens is 2. The molecular weight excluding hydrogens is 407 g/mol. The fourth-order valence-electron chi connectivity index (χ4n) is 3.08. The van der Waals surface area contributed by atoms with E-state index in [0.717, 1.165) is 35.5 Å². The number of halogens is 3. The SMILES string of the molecule is Cc1cccc2c(=O)[nH]c(CSC3CCCC(N)CC3)nc12.O=C(O)C(F)(F)F. The minimum atomic E-state index is -5.08. The minimum absolute atomic E-state index is 0.0350. The molecule has 4 N–H and O–H groups in total. The van der Waals surface area contributed by atoms with E-state index in [-0.39, 0.29) is 5.56 Å². The van der Waals surface area contributed by atoms with Crippen LogP contribution >= 0.6 is 11.8 Å². The van der Waals surface area contributed by atoms with Crippen LogP contribution in [0.1, 0.15) is 43.5 Å². The summed E-state index contributed by atoms with van der Waals surface area (Å²) < 4.78 is 31.7. The molecule has 1 aliphatic rings. The average Bonchev–Trinajstić information content (AvgIpc) is 2.85. The second kappa shape index (κ2) is 10.1. The molecule has 10 heteroatoms. The van der Waals surface area contributed by atoms with Gasteiger partial charge in [0, 0.05) is 11.3 Å². The van der Waals surface area contributed by atoms with Crippen molar-refractivity contribution in [3.8, 4) is 0 Å². The van der Waals surface area contributed by atoms with Gasteiger partial charge in [0.15, 0.2) is 0 Å². The summed E-state index contributed by atoms with van der Waals surface area (Å²) in [5.74, 6) is -1.21. The van der Waals surface area contributed by atoms with Gasteiger partial charge in [-0.15, -0.1) is 0 Å². The molecular formula is C19H24F3N3O3S. The fourth-order valence-corrected chi connectivity index (χ4v) is 4.25. The van der Waals surface area contributed by atoms with E-state index in [2.05, 4.69) is 9.97 Å². The Morgan fingerprint density at radius 3 is 2.66 bits per heavy atom. The zero-order chi connectivity index (χ0) is 21.6. The van der Waals surface area contributed by atoms with E-state index in [1.54, 1.807) is 0 Å². The molecule has 1 heterocycles. The number of aromatic amines is 1. The molecule has 1 aromatic carbocycles. The van der Waals surface area contributed by atoms with Gasteiger partial charge in [-0.25, -0.2) is 9.78 Å². The highest BCUT2D eigenvalue weighted by atomic mass is 32.2. The molecule has 0 saturated heterocycles. The summed E-state index contributed by atoms with van der Waals surface area (Å²) in [6.45, 7) is 2.00. The third-order valence-electron chi connectivity index (χ3n) is 4.65. The van der Waals surface area contributed by atoms with Crippen molar-refractivity contribution in [2.24, 2.45) is 5.73 Å². The molecule has 1 saturated carbocycles. The van der Waals surface area contributed by atoms with Crippen LogP contribution in [0.25, 0.3) is 10.9 Å². The van der Waals surface area contributed by atoms with Crippen molar-refractivity contribution in [3.05, 3.63) is 39.9 Å². The number of nitrogens with one attached hydrogen (secondary N) is 1. The first-order chi connectivity index (χ1) is 13.6. The number of nitrogens with zero attached hydrogens (tertiary/aromatic N) is 1. The summed E-state index contributed by atoms with van der Waals surface area (Å²) in [6.07, 6.45) is 0.761. The van der Waals surface area contributed by atoms with Crippen LogP contribution in [0.3, 0.4) is 0 Å². The Labute approximate surface area is 170 Å². The van der Waals surface area contributed by atoms with Crippen LogP contribution in [0.4, 0.5) is 13.2 Å². The number of rotatable bonds is 3. The molecule has 2 aromatic rings. The Morgan fingerprint density at radius 2 is 2.00 bits per heavy atom. The van der Waals surface area contributed by atoms with E-state index in [0.29, 0.717) is 16.7 Å². The standard InChI is InChI=1S/C17H23N3OS.C2HF3O2/c1-11-4-2-7-14-16(11)19-15(20-17(14)21)10-22-13-6-3-5-12(18)8-9-13;3-2(4,5)1(6)7/h2,4,7,12-13H,3,5-6,8-10,18H2,1H3,(H,19,20,21);(H,6,7). The van der Waals surface area contributed by atoms with E-state index < -0.39 is 12.1 Å². The fraction of sp³-hybridized carbons (Fsp3) is 0.526. The Bertz CT molecular complexity index is 902. The van der Waals surface area contributed by atoms with Gasteiger partial charge in [-0.1, -0.05) is 18.6 Å². The number of carboxylic acids is 1. The molecule has 0 amide bonds. The summed E-state index contributed by atoms with van der Waals surface area (Å²) in [7, 11) is 0. The van der Waals surface area contributed by atoms with Crippen molar-refractivity contribution in [1.82, 2.24) is 9.97 Å². The monoisotopic (exact) mass is 431 g/mol. The quantitative estimate of drug-likeness (QED) is 0.639. The maximum atomic E-state index is 12.2. The molecule has 3 rings (SSSR count). The molecule has 2 atom stereocenters. The van der Waals surface area contributed by atoms with Gasteiger partial charge in [0.1, 0.15) is 5.82 Å². The van der Waals surface area contributed by atoms with E-state index in [4.69, 9.17) is 15.6 Å². The number of aryl methyl sites for hydroxylation is 1. The van der Waals surface area contributed by atoms with Crippen molar-refractivity contribution < 1.29 is 23.1 Å². The summed E-state index contributed by atoms with van der Waals surface area (Å²) in [5, 5.41) is 8.43.